The van der Waals surface area contributed by atoms with Gasteiger partial charge in [0.2, 0.25) is 10.0 Å². The van der Waals surface area contributed by atoms with Gasteiger partial charge in [-0.25, -0.2) is 8.42 Å². The third kappa shape index (κ3) is 3.98. The predicted molar refractivity (Wildman–Crippen MR) is 116 cm³/mol. The van der Waals surface area contributed by atoms with E-state index in [9.17, 15) is 13.2 Å². The molecule has 1 fully saturated rings. The number of ether oxygens (including phenoxy) is 1. The van der Waals surface area contributed by atoms with Crippen LogP contribution >= 0.6 is 11.3 Å². The summed E-state index contributed by atoms with van der Waals surface area (Å²) in [6.07, 6.45) is 0. The molecule has 30 heavy (non-hydrogen) atoms. The number of fused-ring (bicyclic) bond motifs is 1. The van der Waals surface area contributed by atoms with Gasteiger partial charge in [0.15, 0.2) is 4.80 Å². The monoisotopic (exact) mass is 445 g/mol. The van der Waals surface area contributed by atoms with Crippen LogP contribution in [0.15, 0.2) is 52.4 Å². The lowest BCUT2D eigenvalue weighted by molar-refractivity contribution is 0.0730. The molecule has 3 aromatic rings. The average molecular weight is 446 g/mol. The molecule has 1 aliphatic rings. The van der Waals surface area contributed by atoms with Crippen molar-refractivity contribution < 1.29 is 17.9 Å². The van der Waals surface area contributed by atoms with E-state index in [0.29, 0.717) is 43.2 Å². The molecular formula is C21H23N3O4S2. The molecule has 158 valence electrons. The Morgan fingerprint density at radius 1 is 1.13 bits per heavy atom. The largest absolute Gasteiger partial charge is 0.379 e. The van der Waals surface area contributed by atoms with Gasteiger partial charge >= 0.3 is 0 Å². The lowest BCUT2D eigenvalue weighted by atomic mass is 10.2. The smallest absolute Gasteiger partial charge is 0.279 e. The fourth-order valence-corrected chi connectivity index (χ4v) is 6.03. The Balaban J connectivity index is 1.64. The van der Waals surface area contributed by atoms with Gasteiger partial charge in [0.1, 0.15) is 0 Å². The number of hydrogen-bond donors (Lipinski definition) is 0. The topological polar surface area (TPSA) is 81.0 Å². The molecule has 1 amide bonds. The molecule has 0 aliphatic carbocycles. The number of carbonyl (C=O) groups is 1. The summed E-state index contributed by atoms with van der Waals surface area (Å²) in [7, 11) is -3.59. The van der Waals surface area contributed by atoms with E-state index in [1.807, 2.05) is 30.5 Å². The van der Waals surface area contributed by atoms with Crippen molar-refractivity contribution in [3.63, 3.8) is 0 Å². The van der Waals surface area contributed by atoms with Gasteiger partial charge in [0.25, 0.3) is 5.91 Å². The molecule has 0 radical (unpaired) electrons. The van der Waals surface area contributed by atoms with E-state index in [4.69, 9.17) is 4.74 Å². The standard InChI is InChI=1S/C21H23N3O4S2/c1-3-24-18-9-4-15(2)14-19(18)29-21(24)22-20(25)16-5-7-17(8-6-16)30(26,27)23-10-12-28-13-11-23/h4-9,14H,3,10-13H2,1-2H3. The van der Waals surface area contributed by atoms with Crippen molar-refractivity contribution in [1.82, 2.24) is 8.87 Å². The predicted octanol–water partition coefficient (Wildman–Crippen LogP) is 2.79. The zero-order valence-electron chi connectivity index (χ0n) is 16.9. The summed E-state index contributed by atoms with van der Waals surface area (Å²) < 4.78 is 35.2. The molecule has 1 aliphatic heterocycles. The van der Waals surface area contributed by atoms with Crippen LogP contribution in [0.2, 0.25) is 0 Å². The molecule has 4 rings (SSSR count). The quantitative estimate of drug-likeness (QED) is 0.618. The van der Waals surface area contributed by atoms with Crippen LogP contribution in [0.5, 0.6) is 0 Å². The first kappa shape index (κ1) is 20.9. The lowest BCUT2D eigenvalue weighted by Gasteiger charge is -2.26. The summed E-state index contributed by atoms with van der Waals surface area (Å²) in [4.78, 5) is 17.9. The zero-order valence-corrected chi connectivity index (χ0v) is 18.5. The van der Waals surface area contributed by atoms with E-state index in [2.05, 4.69) is 11.1 Å². The van der Waals surface area contributed by atoms with Gasteiger partial charge in [-0.05, 0) is 55.8 Å². The van der Waals surface area contributed by atoms with Crippen LogP contribution in [-0.2, 0) is 21.3 Å². The molecule has 0 saturated carbocycles. The lowest BCUT2D eigenvalue weighted by Crippen LogP contribution is -2.40. The second-order valence-corrected chi connectivity index (χ2v) is 10.0. The molecule has 7 nitrogen and oxygen atoms in total. The molecule has 2 heterocycles. The van der Waals surface area contributed by atoms with Crippen molar-refractivity contribution in [1.29, 1.82) is 0 Å². The molecule has 2 aromatic carbocycles. The third-order valence-electron chi connectivity index (χ3n) is 5.06. The van der Waals surface area contributed by atoms with Gasteiger partial charge in [0, 0.05) is 25.2 Å². The zero-order chi connectivity index (χ0) is 21.3. The minimum atomic E-state index is -3.59. The number of nitrogens with zero attached hydrogens (tertiary/aromatic N) is 3. The Kier molecular flexibility index (Phi) is 5.88. The third-order valence-corrected chi connectivity index (χ3v) is 8.01. The van der Waals surface area contributed by atoms with E-state index in [0.717, 1.165) is 15.8 Å². The Labute approximate surface area is 179 Å². The Hall–Kier alpha value is -2.33. The number of thiazole rings is 1. The van der Waals surface area contributed by atoms with Gasteiger partial charge in [-0.15, -0.1) is 0 Å². The van der Waals surface area contributed by atoms with Crippen molar-refractivity contribution in [3.8, 4) is 0 Å². The maximum Gasteiger partial charge on any atom is 0.279 e. The van der Waals surface area contributed by atoms with E-state index in [1.54, 1.807) is 0 Å². The molecular weight excluding hydrogens is 422 g/mol. The number of carbonyl (C=O) groups excluding carboxylic acids is 1. The number of sulfonamides is 1. The average Bonchev–Trinajstić information content (AvgIpc) is 3.10. The van der Waals surface area contributed by atoms with E-state index >= 15 is 0 Å². The number of amides is 1. The molecule has 0 unspecified atom stereocenters. The summed E-state index contributed by atoms with van der Waals surface area (Å²) in [5, 5.41) is 0. The molecule has 0 bridgehead atoms. The first-order valence-corrected chi connectivity index (χ1v) is 12.0. The van der Waals surface area contributed by atoms with Gasteiger partial charge in [-0.2, -0.15) is 9.30 Å². The van der Waals surface area contributed by atoms with Crippen molar-refractivity contribution in [2.24, 2.45) is 4.99 Å². The van der Waals surface area contributed by atoms with Crippen LogP contribution in [0.25, 0.3) is 10.2 Å². The second kappa shape index (κ2) is 8.43. The molecule has 1 aromatic heterocycles. The van der Waals surface area contributed by atoms with Crippen LogP contribution in [0.3, 0.4) is 0 Å². The highest BCUT2D eigenvalue weighted by atomic mass is 32.2. The van der Waals surface area contributed by atoms with Crippen LogP contribution in [-0.4, -0.2) is 49.5 Å². The number of morpholine rings is 1. The highest BCUT2D eigenvalue weighted by Crippen LogP contribution is 2.20. The number of aryl methyl sites for hydroxylation is 2. The number of rotatable bonds is 4. The van der Waals surface area contributed by atoms with Crippen molar-refractivity contribution >= 4 is 37.5 Å². The number of benzene rings is 2. The Bertz CT molecular complexity index is 1250. The highest BCUT2D eigenvalue weighted by molar-refractivity contribution is 7.89. The van der Waals surface area contributed by atoms with Gasteiger partial charge < -0.3 is 9.30 Å². The van der Waals surface area contributed by atoms with Crippen LogP contribution in [0, 0.1) is 6.92 Å². The van der Waals surface area contributed by atoms with Crippen molar-refractivity contribution in [3.05, 3.63) is 58.4 Å². The van der Waals surface area contributed by atoms with Gasteiger partial charge in [-0.1, -0.05) is 17.4 Å². The molecule has 0 atom stereocenters. The first-order valence-electron chi connectivity index (χ1n) is 9.77. The summed E-state index contributed by atoms with van der Waals surface area (Å²) in [5.41, 5.74) is 2.56. The minimum Gasteiger partial charge on any atom is -0.379 e. The number of hydrogen-bond acceptors (Lipinski definition) is 5. The maximum atomic E-state index is 12.7. The second-order valence-electron chi connectivity index (χ2n) is 7.06. The summed E-state index contributed by atoms with van der Waals surface area (Å²) in [6, 6.07) is 12.1. The summed E-state index contributed by atoms with van der Waals surface area (Å²) >= 11 is 1.47. The van der Waals surface area contributed by atoms with Crippen molar-refractivity contribution in [2.75, 3.05) is 26.3 Å². The first-order chi connectivity index (χ1) is 14.4. The fourth-order valence-electron chi connectivity index (χ4n) is 3.43. The maximum absolute atomic E-state index is 12.7. The molecule has 9 heteroatoms. The van der Waals surface area contributed by atoms with E-state index in [-0.39, 0.29) is 4.90 Å². The fraction of sp³-hybridized carbons (Fsp3) is 0.333. The van der Waals surface area contributed by atoms with E-state index in [1.165, 1.54) is 39.9 Å². The molecule has 0 spiro atoms. The van der Waals surface area contributed by atoms with Crippen LogP contribution < -0.4 is 4.80 Å². The SMILES string of the molecule is CCn1c(=NC(=O)c2ccc(S(=O)(=O)N3CCOCC3)cc2)sc2cc(C)ccc21. The normalized spacial score (nSPS) is 16.3. The summed E-state index contributed by atoms with van der Waals surface area (Å²) in [5.74, 6) is -0.393. The van der Waals surface area contributed by atoms with Crippen molar-refractivity contribution in [2.45, 2.75) is 25.3 Å². The van der Waals surface area contributed by atoms with Gasteiger partial charge in [-0.3, -0.25) is 4.79 Å². The number of aromatic nitrogens is 1. The Morgan fingerprint density at radius 2 is 1.83 bits per heavy atom. The van der Waals surface area contributed by atoms with Gasteiger partial charge in [0.05, 0.1) is 28.3 Å². The highest BCUT2D eigenvalue weighted by Gasteiger charge is 2.26. The summed E-state index contributed by atoms with van der Waals surface area (Å²) in [6.45, 7) is 6.19. The Morgan fingerprint density at radius 3 is 2.50 bits per heavy atom. The molecule has 0 N–H and O–H groups in total. The van der Waals surface area contributed by atoms with E-state index < -0.39 is 15.9 Å². The minimum absolute atomic E-state index is 0.168. The molecule has 1 saturated heterocycles. The van der Waals surface area contributed by atoms with Crippen LogP contribution in [0.1, 0.15) is 22.8 Å². The van der Waals surface area contributed by atoms with Crippen LogP contribution in [0.4, 0.5) is 0 Å².